The summed E-state index contributed by atoms with van der Waals surface area (Å²) in [6.07, 6.45) is 3.85. The molecule has 7 atom stereocenters. The van der Waals surface area contributed by atoms with Crippen molar-refractivity contribution in [2.45, 2.75) is 116 Å². The third kappa shape index (κ3) is 6.98. The highest BCUT2D eigenvalue weighted by Gasteiger charge is 2.64. The van der Waals surface area contributed by atoms with Crippen molar-refractivity contribution in [2.75, 3.05) is 13.7 Å². The Balaban J connectivity index is 1.55. The zero-order chi connectivity index (χ0) is 33.4. The van der Waals surface area contributed by atoms with E-state index >= 15 is 0 Å². The molecule has 1 aliphatic heterocycles. The van der Waals surface area contributed by atoms with Crippen LogP contribution in [-0.2, 0) is 24.6 Å². The number of esters is 1. The first-order valence-electron chi connectivity index (χ1n) is 16.1. The van der Waals surface area contributed by atoms with E-state index in [0.29, 0.717) is 17.4 Å². The Hall–Kier alpha value is -2.42. The minimum Gasteiger partial charge on any atom is -0.455 e. The zero-order valence-electron chi connectivity index (χ0n) is 27.9. The summed E-state index contributed by atoms with van der Waals surface area (Å²) in [6.45, 7) is 16.9. The summed E-state index contributed by atoms with van der Waals surface area (Å²) in [5, 5.41) is 10.4. The predicted octanol–water partition coefficient (Wildman–Crippen LogP) is 8.62. The van der Waals surface area contributed by atoms with Gasteiger partial charge in [0.2, 0.25) is 0 Å². The number of rotatable bonds is 11. The molecule has 1 aromatic rings. The monoisotopic (exact) mass is 632 g/mol. The highest BCUT2D eigenvalue weighted by atomic mass is 19.4. The Morgan fingerprint density at radius 2 is 1.84 bits per heavy atom. The molecule has 0 bridgehead atoms. The molecule has 2 aliphatic carbocycles. The topological polar surface area (TPSA) is 65.0 Å². The molecule has 45 heavy (non-hydrogen) atoms. The number of benzene rings is 1. The van der Waals surface area contributed by atoms with Crippen molar-refractivity contribution in [3.05, 3.63) is 71.3 Å². The molecule has 4 rings (SSSR count). The first-order valence-corrected chi connectivity index (χ1v) is 16.1. The molecule has 3 fully saturated rings. The lowest BCUT2D eigenvalue weighted by Crippen LogP contribution is -2.53. The van der Waals surface area contributed by atoms with Crippen LogP contribution >= 0.6 is 0 Å². The fourth-order valence-electron chi connectivity index (χ4n) is 8.74. The van der Waals surface area contributed by atoms with E-state index in [1.807, 2.05) is 13.0 Å². The van der Waals surface area contributed by atoms with Crippen molar-refractivity contribution in [1.82, 2.24) is 0 Å². The minimum absolute atomic E-state index is 0.117. The van der Waals surface area contributed by atoms with Gasteiger partial charge < -0.3 is 19.3 Å². The number of carbonyl (C=O) groups excluding carboxylic acids is 1. The zero-order valence-corrected chi connectivity index (χ0v) is 27.9. The predicted molar refractivity (Wildman–Crippen MR) is 169 cm³/mol. The van der Waals surface area contributed by atoms with Crippen molar-refractivity contribution in [2.24, 2.45) is 22.7 Å². The molecular weight excluding hydrogens is 581 g/mol. The van der Waals surface area contributed by atoms with Crippen LogP contribution in [-0.4, -0.2) is 48.8 Å². The molecule has 5 nitrogen and oxygen atoms in total. The van der Waals surface area contributed by atoms with Gasteiger partial charge in [-0.25, -0.2) is 4.79 Å². The molecule has 0 aromatic heterocycles. The van der Waals surface area contributed by atoms with Gasteiger partial charge in [0, 0.05) is 19.1 Å². The smallest absolute Gasteiger partial charge is 0.432 e. The van der Waals surface area contributed by atoms with Gasteiger partial charge in [-0.3, -0.25) is 0 Å². The number of carbonyl (C=O) groups is 1. The maximum absolute atomic E-state index is 14.6. The number of aliphatic hydroxyl groups is 1. The number of methoxy groups -OCH3 is 1. The van der Waals surface area contributed by atoms with Gasteiger partial charge in [0.15, 0.2) is 0 Å². The Labute approximate surface area is 266 Å². The molecule has 250 valence electrons. The lowest BCUT2D eigenvalue weighted by molar-refractivity contribution is -0.277. The molecule has 1 aromatic carbocycles. The summed E-state index contributed by atoms with van der Waals surface area (Å²) < 4.78 is 60.6. The number of hydrogen-bond donors (Lipinski definition) is 1. The molecule has 0 unspecified atom stereocenters. The second-order valence-corrected chi connectivity index (χ2v) is 14.8. The van der Waals surface area contributed by atoms with Gasteiger partial charge >= 0.3 is 12.1 Å². The van der Waals surface area contributed by atoms with Crippen LogP contribution in [0.4, 0.5) is 13.2 Å². The Kier molecular flexibility index (Phi) is 10.2. The maximum atomic E-state index is 14.6. The van der Waals surface area contributed by atoms with Crippen molar-refractivity contribution >= 4 is 5.97 Å². The first-order chi connectivity index (χ1) is 20.9. The molecule has 0 spiro atoms. The average Bonchev–Trinajstić information content (AvgIpc) is 3.27. The van der Waals surface area contributed by atoms with E-state index in [1.165, 1.54) is 48.8 Å². The van der Waals surface area contributed by atoms with Crippen LogP contribution in [0.25, 0.3) is 0 Å². The SMILES string of the molecule is C=C1C[C@@H]2OC[C@]3(C)CCC[C@](C)([C@H]1CC/C(C)=C/C[C@@H](OC(=O)[C@@](OC)(c1ccccc1)C(F)(F)F)/C(C)=C/C(C)(C)O)[C@@H]23. The van der Waals surface area contributed by atoms with E-state index in [1.54, 1.807) is 26.8 Å². The van der Waals surface area contributed by atoms with Gasteiger partial charge in [-0.15, -0.1) is 0 Å². The molecule has 8 heteroatoms. The molecule has 1 N–H and O–H groups in total. The fraction of sp³-hybridized carbons (Fsp3) is 0.649. The summed E-state index contributed by atoms with van der Waals surface area (Å²) >= 11 is 0. The van der Waals surface area contributed by atoms with Crippen LogP contribution in [0.3, 0.4) is 0 Å². The minimum atomic E-state index is -5.08. The van der Waals surface area contributed by atoms with Crippen LogP contribution in [0.2, 0.25) is 0 Å². The van der Waals surface area contributed by atoms with Crippen LogP contribution < -0.4 is 0 Å². The Morgan fingerprint density at radius 3 is 2.44 bits per heavy atom. The van der Waals surface area contributed by atoms with E-state index in [2.05, 4.69) is 20.4 Å². The number of ether oxygens (including phenoxy) is 3. The summed E-state index contributed by atoms with van der Waals surface area (Å²) in [4.78, 5) is 13.5. The van der Waals surface area contributed by atoms with Gasteiger partial charge in [-0.1, -0.05) is 80.5 Å². The highest BCUT2D eigenvalue weighted by molar-refractivity contribution is 5.83. The van der Waals surface area contributed by atoms with E-state index in [0.717, 1.165) is 45.0 Å². The second kappa shape index (κ2) is 13.0. The quantitative estimate of drug-likeness (QED) is 0.196. The molecule has 0 amide bonds. The molecule has 0 radical (unpaired) electrons. The number of hydrogen-bond acceptors (Lipinski definition) is 5. The molecular formula is C37H51F3O5. The molecule has 1 saturated heterocycles. The van der Waals surface area contributed by atoms with Crippen LogP contribution in [0, 0.1) is 22.7 Å². The van der Waals surface area contributed by atoms with E-state index in [4.69, 9.17) is 14.2 Å². The van der Waals surface area contributed by atoms with Gasteiger partial charge in [0.05, 0.1) is 18.3 Å². The molecule has 3 aliphatic rings. The third-order valence-electron chi connectivity index (χ3n) is 10.7. The van der Waals surface area contributed by atoms with Crippen LogP contribution in [0.1, 0.15) is 92.1 Å². The Bertz CT molecular complexity index is 1300. The summed E-state index contributed by atoms with van der Waals surface area (Å²) in [6, 6.07) is 6.80. The van der Waals surface area contributed by atoms with E-state index in [9.17, 15) is 23.1 Å². The standard InChI is InChI=1S/C37H51F3O5/c1-24(15-17-28-25(2)21-30-31-34(6,23-44-30)19-12-20-35(28,31)7)16-18-29(26(3)22-33(4,5)42)45-32(41)36(43-8,37(38,39)40)27-13-10-9-11-14-27/h9-11,13-14,16,22,28-31,42H,2,12,15,17-21,23H2,1,3-8H3/b24-16+,26-22+/t28-,29+,30-,31-,34-,35+,36-/m0/s1. The first kappa shape index (κ1) is 35.4. The van der Waals surface area contributed by atoms with Crippen molar-refractivity contribution in [3.63, 3.8) is 0 Å². The third-order valence-corrected chi connectivity index (χ3v) is 10.7. The Morgan fingerprint density at radius 1 is 1.18 bits per heavy atom. The van der Waals surface area contributed by atoms with E-state index < -0.39 is 29.5 Å². The van der Waals surface area contributed by atoms with E-state index in [-0.39, 0.29) is 28.9 Å². The lowest BCUT2D eigenvalue weighted by Gasteiger charge is -2.57. The maximum Gasteiger partial charge on any atom is 0.432 e. The fourth-order valence-corrected chi connectivity index (χ4v) is 8.74. The largest absolute Gasteiger partial charge is 0.455 e. The van der Waals surface area contributed by atoms with Gasteiger partial charge in [-0.2, -0.15) is 13.2 Å². The van der Waals surface area contributed by atoms with Crippen LogP contribution in [0.5, 0.6) is 0 Å². The summed E-state index contributed by atoms with van der Waals surface area (Å²) in [7, 11) is 0.856. The average molecular weight is 633 g/mol. The van der Waals surface area contributed by atoms with Crippen molar-refractivity contribution in [1.29, 1.82) is 0 Å². The summed E-state index contributed by atoms with van der Waals surface area (Å²) in [5.41, 5.74) is -1.85. The second-order valence-electron chi connectivity index (χ2n) is 14.8. The number of alkyl halides is 3. The highest BCUT2D eigenvalue weighted by Crippen LogP contribution is 2.65. The molecule has 1 heterocycles. The number of allylic oxidation sites excluding steroid dienone is 1. The van der Waals surface area contributed by atoms with Crippen molar-refractivity contribution < 1.29 is 37.3 Å². The summed E-state index contributed by atoms with van der Waals surface area (Å²) in [5.74, 6) is -0.687. The normalized spacial score (nSPS) is 31.3. The lowest BCUT2D eigenvalue weighted by atomic mass is 9.47. The molecule has 2 saturated carbocycles. The van der Waals surface area contributed by atoms with Gasteiger partial charge in [-0.05, 0) is 88.0 Å². The van der Waals surface area contributed by atoms with Crippen LogP contribution in [0.15, 0.2) is 65.8 Å². The van der Waals surface area contributed by atoms with Gasteiger partial charge in [0.25, 0.3) is 5.60 Å². The van der Waals surface area contributed by atoms with Crippen molar-refractivity contribution in [3.8, 4) is 0 Å². The number of halogens is 3. The van der Waals surface area contributed by atoms with Gasteiger partial charge in [0.1, 0.15) is 6.10 Å².